The van der Waals surface area contributed by atoms with Crippen LogP contribution >= 0.6 is 0 Å². The zero-order chi connectivity index (χ0) is 15.2. The molecule has 5 nitrogen and oxygen atoms in total. The summed E-state index contributed by atoms with van der Waals surface area (Å²) in [5, 5.41) is 21.3. The van der Waals surface area contributed by atoms with E-state index in [1.54, 1.807) is 32.2 Å². The van der Waals surface area contributed by atoms with Crippen LogP contribution in [0.3, 0.4) is 0 Å². The lowest BCUT2D eigenvalue weighted by atomic mass is 9.95. The van der Waals surface area contributed by atoms with Crippen LogP contribution in [0.5, 0.6) is 5.75 Å². The zero-order valence-corrected chi connectivity index (χ0v) is 12.1. The first-order valence-electron chi connectivity index (χ1n) is 6.52. The molecule has 1 unspecified atom stereocenters. The molecule has 5 heteroatoms. The van der Waals surface area contributed by atoms with Crippen LogP contribution in [-0.4, -0.2) is 23.7 Å². The Bertz CT molecular complexity index is 522. The summed E-state index contributed by atoms with van der Waals surface area (Å²) >= 11 is 0. The molecule has 0 saturated heterocycles. The summed E-state index contributed by atoms with van der Waals surface area (Å²) < 4.78 is 5.23. The first kappa shape index (κ1) is 16.0. The summed E-state index contributed by atoms with van der Waals surface area (Å²) in [5.74, 6) is -0.240. The van der Waals surface area contributed by atoms with Gasteiger partial charge in [-0.3, -0.25) is 10.1 Å². The molecular weight excluding hydrogens is 256 g/mol. The van der Waals surface area contributed by atoms with E-state index < -0.39 is 11.5 Å². The molecule has 1 aromatic carbocycles. The van der Waals surface area contributed by atoms with Crippen molar-refractivity contribution in [2.24, 2.45) is 0 Å². The van der Waals surface area contributed by atoms with Crippen LogP contribution < -0.4 is 10.1 Å². The van der Waals surface area contributed by atoms with E-state index in [1.807, 2.05) is 6.92 Å². The second-order valence-corrected chi connectivity index (χ2v) is 4.88. The van der Waals surface area contributed by atoms with Crippen molar-refractivity contribution >= 4 is 5.97 Å². The van der Waals surface area contributed by atoms with Gasteiger partial charge >= 0.3 is 5.97 Å². The van der Waals surface area contributed by atoms with Crippen LogP contribution in [0.1, 0.15) is 37.8 Å². The van der Waals surface area contributed by atoms with E-state index in [-0.39, 0.29) is 0 Å². The summed E-state index contributed by atoms with van der Waals surface area (Å²) in [4.78, 5) is 11.4. The van der Waals surface area contributed by atoms with E-state index in [0.717, 1.165) is 12.0 Å². The SMILES string of the molecule is CCCC(C)(NCc1cc(C#N)ccc1OC)C(=O)O. The smallest absolute Gasteiger partial charge is 0.323 e. The Kier molecular flexibility index (Phi) is 5.53. The van der Waals surface area contributed by atoms with Crippen LogP contribution in [0.25, 0.3) is 0 Å². The third-order valence-corrected chi connectivity index (χ3v) is 3.30. The summed E-state index contributed by atoms with van der Waals surface area (Å²) in [7, 11) is 1.55. The third kappa shape index (κ3) is 3.72. The Morgan fingerprint density at radius 2 is 2.25 bits per heavy atom. The quantitative estimate of drug-likeness (QED) is 0.798. The van der Waals surface area contributed by atoms with Gasteiger partial charge in [-0.05, 0) is 31.5 Å². The highest BCUT2D eigenvalue weighted by molar-refractivity contribution is 5.78. The number of nitrogens with zero attached hydrogens (tertiary/aromatic N) is 1. The van der Waals surface area contributed by atoms with Crippen molar-refractivity contribution in [2.75, 3.05) is 7.11 Å². The van der Waals surface area contributed by atoms with Crippen LogP contribution in [0.15, 0.2) is 18.2 Å². The van der Waals surface area contributed by atoms with Gasteiger partial charge in [-0.1, -0.05) is 13.3 Å². The number of hydrogen-bond acceptors (Lipinski definition) is 4. The summed E-state index contributed by atoms with van der Waals surface area (Å²) in [6.45, 7) is 3.95. The summed E-state index contributed by atoms with van der Waals surface area (Å²) in [5.41, 5.74) is 0.313. The van der Waals surface area contributed by atoms with Gasteiger partial charge in [0.2, 0.25) is 0 Å². The molecule has 0 fully saturated rings. The second-order valence-electron chi connectivity index (χ2n) is 4.88. The standard InChI is InChI=1S/C15H20N2O3/c1-4-7-15(2,14(18)19)17-10-12-8-11(9-16)5-6-13(12)20-3/h5-6,8,17H,4,7,10H2,1-3H3,(H,18,19). The molecule has 0 heterocycles. The number of nitriles is 1. The Balaban J connectivity index is 2.93. The van der Waals surface area contributed by atoms with Gasteiger partial charge in [0, 0.05) is 12.1 Å². The topological polar surface area (TPSA) is 82.3 Å². The molecular formula is C15H20N2O3. The average Bonchev–Trinajstić information content (AvgIpc) is 2.44. The lowest BCUT2D eigenvalue weighted by Crippen LogP contribution is -2.48. The molecule has 0 saturated carbocycles. The Hall–Kier alpha value is -2.06. The van der Waals surface area contributed by atoms with Crippen molar-refractivity contribution in [1.82, 2.24) is 5.32 Å². The van der Waals surface area contributed by atoms with Crippen molar-refractivity contribution in [2.45, 2.75) is 38.8 Å². The number of ether oxygens (including phenoxy) is 1. The molecule has 0 aliphatic rings. The number of carbonyl (C=O) groups is 1. The first-order chi connectivity index (χ1) is 9.46. The maximum absolute atomic E-state index is 11.4. The highest BCUT2D eigenvalue weighted by atomic mass is 16.5. The number of carboxylic acids is 1. The van der Waals surface area contributed by atoms with E-state index >= 15 is 0 Å². The number of rotatable bonds is 7. The monoisotopic (exact) mass is 276 g/mol. The Labute approximate surface area is 119 Å². The lowest BCUT2D eigenvalue weighted by molar-refractivity contribution is -0.144. The maximum Gasteiger partial charge on any atom is 0.323 e. The van der Waals surface area contributed by atoms with Crippen LogP contribution in [0, 0.1) is 11.3 Å². The second kappa shape index (κ2) is 6.92. The van der Waals surface area contributed by atoms with E-state index in [0.29, 0.717) is 24.3 Å². The molecule has 108 valence electrons. The highest BCUT2D eigenvalue weighted by Gasteiger charge is 2.31. The fourth-order valence-electron chi connectivity index (χ4n) is 2.05. The van der Waals surface area contributed by atoms with Crippen LogP contribution in [0.4, 0.5) is 0 Å². The number of benzene rings is 1. The minimum Gasteiger partial charge on any atom is -0.496 e. The van der Waals surface area contributed by atoms with E-state index in [4.69, 9.17) is 10.00 Å². The molecule has 1 atom stereocenters. The van der Waals surface area contributed by atoms with E-state index in [9.17, 15) is 9.90 Å². The number of methoxy groups -OCH3 is 1. The lowest BCUT2D eigenvalue weighted by Gasteiger charge is -2.26. The molecule has 0 aliphatic heterocycles. The molecule has 0 spiro atoms. The fraction of sp³-hybridized carbons (Fsp3) is 0.467. The van der Waals surface area contributed by atoms with Gasteiger partial charge in [-0.2, -0.15) is 5.26 Å². The van der Waals surface area contributed by atoms with Crippen molar-refractivity contribution in [3.8, 4) is 11.8 Å². The molecule has 2 N–H and O–H groups in total. The summed E-state index contributed by atoms with van der Waals surface area (Å²) in [6.07, 6.45) is 1.30. The van der Waals surface area contributed by atoms with Gasteiger partial charge < -0.3 is 9.84 Å². The Morgan fingerprint density at radius 1 is 1.55 bits per heavy atom. The Morgan fingerprint density at radius 3 is 2.75 bits per heavy atom. The summed E-state index contributed by atoms with van der Waals surface area (Å²) in [6, 6.07) is 7.16. The molecule has 0 aliphatic carbocycles. The van der Waals surface area contributed by atoms with Gasteiger partial charge in [0.15, 0.2) is 0 Å². The van der Waals surface area contributed by atoms with Crippen molar-refractivity contribution in [1.29, 1.82) is 5.26 Å². The maximum atomic E-state index is 11.4. The predicted molar refractivity (Wildman–Crippen MR) is 75.5 cm³/mol. The van der Waals surface area contributed by atoms with Gasteiger partial charge in [0.05, 0.1) is 18.7 Å². The van der Waals surface area contributed by atoms with Gasteiger partial charge in [0.1, 0.15) is 11.3 Å². The first-order valence-corrected chi connectivity index (χ1v) is 6.52. The molecule has 0 radical (unpaired) electrons. The van der Waals surface area contributed by atoms with Crippen molar-refractivity contribution in [3.05, 3.63) is 29.3 Å². The van der Waals surface area contributed by atoms with E-state index in [1.165, 1.54) is 0 Å². The minimum atomic E-state index is -0.984. The molecule has 1 aromatic rings. The van der Waals surface area contributed by atoms with E-state index in [2.05, 4.69) is 11.4 Å². The number of aliphatic carboxylic acids is 1. The molecule has 0 aromatic heterocycles. The number of hydrogen-bond donors (Lipinski definition) is 2. The fourth-order valence-corrected chi connectivity index (χ4v) is 2.05. The van der Waals surface area contributed by atoms with Gasteiger partial charge in [0.25, 0.3) is 0 Å². The van der Waals surface area contributed by atoms with Crippen LogP contribution in [0.2, 0.25) is 0 Å². The molecule has 0 bridgehead atoms. The van der Waals surface area contributed by atoms with Crippen molar-refractivity contribution in [3.63, 3.8) is 0 Å². The molecule has 0 amide bonds. The molecule has 20 heavy (non-hydrogen) atoms. The van der Waals surface area contributed by atoms with Gasteiger partial charge in [-0.25, -0.2) is 0 Å². The predicted octanol–water partition coefficient (Wildman–Crippen LogP) is 2.30. The zero-order valence-electron chi connectivity index (χ0n) is 12.1. The minimum absolute atomic E-state index is 0.335. The largest absolute Gasteiger partial charge is 0.496 e. The molecule has 1 rings (SSSR count). The van der Waals surface area contributed by atoms with Crippen LogP contribution in [-0.2, 0) is 11.3 Å². The third-order valence-electron chi connectivity index (χ3n) is 3.30. The average molecular weight is 276 g/mol. The number of carboxylic acid groups (broad SMARTS) is 1. The highest BCUT2D eigenvalue weighted by Crippen LogP contribution is 2.21. The van der Waals surface area contributed by atoms with Gasteiger partial charge in [-0.15, -0.1) is 0 Å². The van der Waals surface area contributed by atoms with Crippen molar-refractivity contribution < 1.29 is 14.6 Å². The normalized spacial score (nSPS) is 13.3. The number of nitrogens with one attached hydrogen (secondary N) is 1.